The molecule has 1 aliphatic rings. The third-order valence-corrected chi connectivity index (χ3v) is 5.11. The van der Waals surface area contributed by atoms with E-state index >= 15 is 0 Å². The Morgan fingerprint density at radius 3 is 2.63 bits per heavy atom. The standard InChI is InChI=1S/C23H28N2O5/c1-5-8-30-19-7-6-14(9-20(19)29-4)13-24-21(27)16-10-15-17(25-22(16)28)11-23(2,3)12-18(15)26/h6-7,9-10H,5,8,11-13H2,1-4H3,(H,24,27)(H,25,28). The molecule has 1 aromatic carbocycles. The third-order valence-electron chi connectivity index (χ3n) is 5.11. The number of nitrogens with one attached hydrogen (secondary N) is 2. The summed E-state index contributed by atoms with van der Waals surface area (Å²) in [6.45, 7) is 6.79. The number of aromatic nitrogens is 1. The SMILES string of the molecule is CCCOc1ccc(CNC(=O)c2cc3c([nH]c2=O)CC(C)(C)CC3=O)cc1OC. The minimum Gasteiger partial charge on any atom is -0.493 e. The van der Waals surface area contributed by atoms with Crippen molar-refractivity contribution in [2.75, 3.05) is 13.7 Å². The quantitative estimate of drug-likeness (QED) is 0.728. The minimum atomic E-state index is -0.526. The second-order valence-corrected chi connectivity index (χ2v) is 8.36. The molecule has 1 heterocycles. The second-order valence-electron chi connectivity index (χ2n) is 8.36. The molecule has 7 heteroatoms. The van der Waals surface area contributed by atoms with Crippen molar-refractivity contribution >= 4 is 11.7 Å². The van der Waals surface area contributed by atoms with Gasteiger partial charge in [-0.05, 0) is 42.0 Å². The van der Waals surface area contributed by atoms with Crippen molar-refractivity contribution in [1.29, 1.82) is 0 Å². The number of Topliss-reactive ketones (excluding diaryl/α,β-unsaturated/α-hetero) is 1. The van der Waals surface area contributed by atoms with Gasteiger partial charge in [-0.2, -0.15) is 0 Å². The van der Waals surface area contributed by atoms with E-state index < -0.39 is 11.5 Å². The number of amides is 1. The molecule has 0 atom stereocenters. The van der Waals surface area contributed by atoms with Crippen LogP contribution in [0.3, 0.4) is 0 Å². The highest BCUT2D eigenvalue weighted by molar-refractivity contribution is 6.02. The van der Waals surface area contributed by atoms with E-state index in [4.69, 9.17) is 9.47 Å². The number of H-pyrrole nitrogens is 1. The van der Waals surface area contributed by atoms with Gasteiger partial charge < -0.3 is 19.8 Å². The maximum absolute atomic E-state index is 12.6. The van der Waals surface area contributed by atoms with Gasteiger partial charge in [0.15, 0.2) is 17.3 Å². The van der Waals surface area contributed by atoms with Crippen LogP contribution in [-0.2, 0) is 13.0 Å². The van der Waals surface area contributed by atoms with Gasteiger partial charge >= 0.3 is 0 Å². The van der Waals surface area contributed by atoms with E-state index in [1.807, 2.05) is 26.8 Å². The number of aromatic amines is 1. The van der Waals surface area contributed by atoms with Crippen LogP contribution in [0.1, 0.15) is 65.6 Å². The molecule has 3 rings (SSSR count). The summed E-state index contributed by atoms with van der Waals surface area (Å²) in [5, 5.41) is 2.74. The summed E-state index contributed by atoms with van der Waals surface area (Å²) >= 11 is 0. The molecule has 160 valence electrons. The Kier molecular flexibility index (Phi) is 6.29. The molecule has 2 aromatic rings. The second kappa shape index (κ2) is 8.73. The predicted octanol–water partition coefficient (Wildman–Crippen LogP) is 3.26. The fraction of sp³-hybridized carbons (Fsp3) is 0.435. The molecule has 7 nitrogen and oxygen atoms in total. The van der Waals surface area contributed by atoms with E-state index in [1.54, 1.807) is 19.2 Å². The molecule has 30 heavy (non-hydrogen) atoms. The van der Waals surface area contributed by atoms with Gasteiger partial charge in [-0.3, -0.25) is 14.4 Å². The molecule has 1 aliphatic carbocycles. The number of benzene rings is 1. The normalized spacial score (nSPS) is 14.7. The molecule has 1 amide bonds. The number of fused-ring (bicyclic) bond motifs is 1. The van der Waals surface area contributed by atoms with Crippen LogP contribution in [0.15, 0.2) is 29.1 Å². The number of hydrogen-bond donors (Lipinski definition) is 2. The molecule has 2 N–H and O–H groups in total. The van der Waals surface area contributed by atoms with E-state index in [-0.39, 0.29) is 23.3 Å². The third kappa shape index (κ3) is 4.72. The number of ether oxygens (including phenoxy) is 2. The monoisotopic (exact) mass is 412 g/mol. The van der Waals surface area contributed by atoms with Gasteiger partial charge in [0, 0.05) is 24.2 Å². The van der Waals surface area contributed by atoms with E-state index in [2.05, 4.69) is 10.3 Å². The lowest BCUT2D eigenvalue weighted by atomic mass is 9.75. The predicted molar refractivity (Wildman–Crippen MR) is 113 cm³/mol. The molecule has 1 aromatic heterocycles. The lowest BCUT2D eigenvalue weighted by Crippen LogP contribution is -2.34. The number of carbonyl (C=O) groups excluding carboxylic acids is 2. The maximum atomic E-state index is 12.6. The van der Waals surface area contributed by atoms with Crippen LogP contribution < -0.4 is 20.3 Å². The van der Waals surface area contributed by atoms with Gasteiger partial charge in [-0.15, -0.1) is 0 Å². The van der Waals surface area contributed by atoms with Gasteiger partial charge in [0.1, 0.15) is 5.56 Å². The zero-order valence-corrected chi connectivity index (χ0v) is 17.9. The van der Waals surface area contributed by atoms with Crippen molar-refractivity contribution in [3.63, 3.8) is 0 Å². The van der Waals surface area contributed by atoms with Crippen LogP contribution in [0.2, 0.25) is 0 Å². The van der Waals surface area contributed by atoms with Crippen molar-refractivity contribution in [3.05, 3.63) is 57.0 Å². The zero-order chi connectivity index (χ0) is 21.9. The van der Waals surface area contributed by atoms with Gasteiger partial charge in [0.25, 0.3) is 11.5 Å². The molecule has 0 saturated heterocycles. The molecular weight excluding hydrogens is 384 g/mol. The summed E-state index contributed by atoms with van der Waals surface area (Å²) in [4.78, 5) is 40.3. The summed E-state index contributed by atoms with van der Waals surface area (Å²) in [5.74, 6) is 0.637. The van der Waals surface area contributed by atoms with Crippen molar-refractivity contribution < 1.29 is 19.1 Å². The topological polar surface area (TPSA) is 97.5 Å². The van der Waals surface area contributed by atoms with E-state index in [0.717, 1.165) is 12.0 Å². The number of methoxy groups -OCH3 is 1. The minimum absolute atomic E-state index is 0.0565. The van der Waals surface area contributed by atoms with Crippen molar-refractivity contribution in [1.82, 2.24) is 10.3 Å². The Morgan fingerprint density at radius 2 is 1.93 bits per heavy atom. The maximum Gasteiger partial charge on any atom is 0.261 e. The molecule has 0 bridgehead atoms. The average Bonchev–Trinajstić information content (AvgIpc) is 2.69. The Morgan fingerprint density at radius 1 is 1.17 bits per heavy atom. The van der Waals surface area contributed by atoms with Crippen LogP contribution in [0.25, 0.3) is 0 Å². The Labute approximate surface area is 175 Å². The number of rotatable bonds is 7. The first kappa shape index (κ1) is 21.6. The highest BCUT2D eigenvalue weighted by Gasteiger charge is 2.32. The van der Waals surface area contributed by atoms with Gasteiger partial charge in [-0.25, -0.2) is 0 Å². The highest BCUT2D eigenvalue weighted by Crippen LogP contribution is 2.33. The zero-order valence-electron chi connectivity index (χ0n) is 17.9. The van der Waals surface area contributed by atoms with Crippen molar-refractivity contribution in [2.24, 2.45) is 5.41 Å². The first-order chi connectivity index (χ1) is 14.2. The number of hydrogen-bond acceptors (Lipinski definition) is 5. The molecule has 0 aliphatic heterocycles. The largest absolute Gasteiger partial charge is 0.493 e. The van der Waals surface area contributed by atoms with Crippen LogP contribution in [0.4, 0.5) is 0 Å². The van der Waals surface area contributed by atoms with Crippen LogP contribution in [0.5, 0.6) is 11.5 Å². The van der Waals surface area contributed by atoms with E-state index in [9.17, 15) is 14.4 Å². The number of pyridine rings is 1. The molecule has 0 saturated carbocycles. The molecular formula is C23H28N2O5. The first-order valence-electron chi connectivity index (χ1n) is 10.1. The molecule has 0 spiro atoms. The molecule has 0 radical (unpaired) electrons. The van der Waals surface area contributed by atoms with Crippen molar-refractivity contribution in [2.45, 2.75) is 46.6 Å². The summed E-state index contributed by atoms with van der Waals surface area (Å²) in [6.07, 6.45) is 1.87. The first-order valence-corrected chi connectivity index (χ1v) is 10.1. The number of ketones is 1. The van der Waals surface area contributed by atoms with Crippen LogP contribution in [-0.4, -0.2) is 30.4 Å². The summed E-state index contributed by atoms with van der Waals surface area (Å²) in [7, 11) is 1.56. The Balaban J connectivity index is 1.75. The Bertz CT molecular complexity index is 1020. The fourth-order valence-electron chi connectivity index (χ4n) is 3.63. The highest BCUT2D eigenvalue weighted by atomic mass is 16.5. The van der Waals surface area contributed by atoms with Crippen LogP contribution in [0, 0.1) is 5.41 Å². The van der Waals surface area contributed by atoms with E-state index in [1.165, 1.54) is 6.07 Å². The molecule has 0 unspecified atom stereocenters. The summed E-state index contributed by atoms with van der Waals surface area (Å²) in [6, 6.07) is 6.83. The van der Waals surface area contributed by atoms with Gasteiger partial charge in [-0.1, -0.05) is 26.8 Å². The lowest BCUT2D eigenvalue weighted by molar-refractivity contribution is 0.0910. The number of carbonyl (C=O) groups is 2. The average molecular weight is 412 g/mol. The summed E-state index contributed by atoms with van der Waals surface area (Å²) < 4.78 is 11.0. The van der Waals surface area contributed by atoms with E-state index in [0.29, 0.717) is 42.2 Å². The fourth-order valence-corrected chi connectivity index (χ4v) is 3.63. The Hall–Kier alpha value is -3.09. The lowest BCUT2D eigenvalue weighted by Gasteiger charge is -2.29. The summed E-state index contributed by atoms with van der Waals surface area (Å²) in [5.41, 5.74) is 1.08. The van der Waals surface area contributed by atoms with Crippen molar-refractivity contribution in [3.8, 4) is 11.5 Å². The van der Waals surface area contributed by atoms with Gasteiger partial charge in [0.2, 0.25) is 0 Å². The molecule has 0 fully saturated rings. The van der Waals surface area contributed by atoms with Gasteiger partial charge in [0.05, 0.1) is 13.7 Å². The van der Waals surface area contributed by atoms with Crippen LogP contribution >= 0.6 is 0 Å². The smallest absolute Gasteiger partial charge is 0.261 e.